The van der Waals surface area contributed by atoms with Crippen LogP contribution in [0, 0.1) is 35.5 Å². The summed E-state index contributed by atoms with van der Waals surface area (Å²) in [7, 11) is 0. The summed E-state index contributed by atoms with van der Waals surface area (Å²) in [5.41, 5.74) is 0.997. The third-order valence-electron chi connectivity index (χ3n) is 4.89. The molecule has 26 heavy (non-hydrogen) atoms. The highest BCUT2D eigenvalue weighted by Crippen LogP contribution is 2.31. The first kappa shape index (κ1) is 20.2. The highest BCUT2D eigenvalue weighted by molar-refractivity contribution is 5.40. The number of rotatable bonds is 6. The Morgan fingerprint density at radius 2 is 1.69 bits per heavy atom. The first-order chi connectivity index (χ1) is 12.8. The Balaban J connectivity index is 1.72. The van der Waals surface area contributed by atoms with Crippen molar-refractivity contribution in [2.45, 2.75) is 65.2 Å². The van der Waals surface area contributed by atoms with Crippen LogP contribution in [0.4, 0.5) is 0 Å². The smallest absolute Gasteiger partial charge is 0.119 e. The van der Waals surface area contributed by atoms with Gasteiger partial charge in [0.25, 0.3) is 0 Å². The Morgan fingerprint density at radius 3 is 2.38 bits per heavy atom. The van der Waals surface area contributed by atoms with E-state index in [1.165, 1.54) is 44.9 Å². The van der Waals surface area contributed by atoms with Crippen LogP contribution >= 0.6 is 0 Å². The van der Waals surface area contributed by atoms with Crippen molar-refractivity contribution in [3.05, 3.63) is 42.0 Å². The van der Waals surface area contributed by atoms with E-state index in [0.717, 1.165) is 30.3 Å². The largest absolute Gasteiger partial charge is 0.494 e. The SMILES string of the molecule is CCCC[C@H]1CC[C@H](C#C/C=C/C#Cc2ccc(OCCC)cc2)CC1. The molecule has 1 saturated carbocycles. The van der Waals surface area contributed by atoms with E-state index < -0.39 is 0 Å². The topological polar surface area (TPSA) is 9.23 Å². The zero-order chi connectivity index (χ0) is 18.5. The monoisotopic (exact) mass is 348 g/mol. The second-order valence-corrected chi connectivity index (χ2v) is 7.12. The molecule has 1 aliphatic rings. The molecule has 1 heteroatoms. The third kappa shape index (κ3) is 7.84. The van der Waals surface area contributed by atoms with Gasteiger partial charge in [-0.3, -0.25) is 0 Å². The van der Waals surface area contributed by atoms with E-state index in [9.17, 15) is 0 Å². The van der Waals surface area contributed by atoms with Gasteiger partial charge in [-0.05, 0) is 74.4 Å². The minimum Gasteiger partial charge on any atom is -0.494 e. The van der Waals surface area contributed by atoms with Gasteiger partial charge in [0, 0.05) is 11.5 Å². The second-order valence-electron chi connectivity index (χ2n) is 7.12. The lowest BCUT2D eigenvalue weighted by atomic mass is 9.80. The quantitative estimate of drug-likeness (QED) is 0.542. The molecule has 0 N–H and O–H groups in total. The molecule has 1 aromatic rings. The number of ether oxygens (including phenoxy) is 1. The fraction of sp³-hybridized carbons (Fsp3) is 0.520. The Morgan fingerprint density at radius 1 is 0.962 bits per heavy atom. The Hall–Kier alpha value is -2.12. The maximum Gasteiger partial charge on any atom is 0.119 e. The first-order valence-corrected chi connectivity index (χ1v) is 10.2. The number of allylic oxidation sites excluding steroid dienone is 2. The van der Waals surface area contributed by atoms with Gasteiger partial charge in [-0.1, -0.05) is 56.8 Å². The summed E-state index contributed by atoms with van der Waals surface area (Å²) in [6.07, 6.45) is 14.1. The van der Waals surface area contributed by atoms with Gasteiger partial charge in [0.1, 0.15) is 5.75 Å². The van der Waals surface area contributed by atoms with Crippen molar-refractivity contribution in [1.82, 2.24) is 0 Å². The molecule has 1 nitrogen and oxygen atoms in total. The van der Waals surface area contributed by atoms with Crippen molar-refractivity contribution in [1.29, 1.82) is 0 Å². The summed E-state index contributed by atoms with van der Waals surface area (Å²) in [5.74, 6) is 15.2. The van der Waals surface area contributed by atoms with Crippen LogP contribution < -0.4 is 4.74 Å². The van der Waals surface area contributed by atoms with Crippen LogP contribution in [0.1, 0.15) is 70.8 Å². The molecular formula is C25H32O. The third-order valence-corrected chi connectivity index (χ3v) is 4.89. The molecule has 2 rings (SSSR count). The lowest BCUT2D eigenvalue weighted by molar-refractivity contribution is 0.296. The summed E-state index contributed by atoms with van der Waals surface area (Å²) in [5, 5.41) is 0. The van der Waals surface area contributed by atoms with Crippen LogP contribution in [-0.2, 0) is 0 Å². The van der Waals surface area contributed by atoms with Gasteiger partial charge in [0.05, 0.1) is 6.61 Å². The van der Waals surface area contributed by atoms with Crippen molar-refractivity contribution in [3.8, 4) is 29.4 Å². The number of hydrogen-bond acceptors (Lipinski definition) is 1. The summed E-state index contributed by atoms with van der Waals surface area (Å²) < 4.78 is 5.57. The number of benzene rings is 1. The molecule has 0 aromatic heterocycles. The van der Waals surface area contributed by atoms with Crippen molar-refractivity contribution in [2.75, 3.05) is 6.61 Å². The maximum atomic E-state index is 5.57. The van der Waals surface area contributed by atoms with Crippen LogP contribution in [0.25, 0.3) is 0 Å². The minimum absolute atomic E-state index is 0.584. The summed E-state index contributed by atoms with van der Waals surface area (Å²) >= 11 is 0. The van der Waals surface area contributed by atoms with Crippen molar-refractivity contribution < 1.29 is 4.74 Å². The van der Waals surface area contributed by atoms with Crippen LogP contribution in [0.3, 0.4) is 0 Å². The summed E-state index contributed by atoms with van der Waals surface area (Å²) in [6.45, 7) is 5.14. The van der Waals surface area contributed by atoms with Gasteiger partial charge in [-0.15, -0.1) is 0 Å². The minimum atomic E-state index is 0.584. The summed E-state index contributed by atoms with van der Waals surface area (Å²) in [6, 6.07) is 7.93. The lowest BCUT2D eigenvalue weighted by Crippen LogP contribution is -2.13. The van der Waals surface area contributed by atoms with E-state index in [2.05, 4.69) is 37.5 Å². The second kappa shape index (κ2) is 12.3. The van der Waals surface area contributed by atoms with Crippen LogP contribution in [0.15, 0.2) is 36.4 Å². The van der Waals surface area contributed by atoms with Crippen LogP contribution in [-0.4, -0.2) is 6.61 Å². The number of unbranched alkanes of at least 4 members (excludes halogenated alkanes) is 1. The van der Waals surface area contributed by atoms with Gasteiger partial charge in [-0.2, -0.15) is 0 Å². The fourth-order valence-electron chi connectivity index (χ4n) is 3.32. The lowest BCUT2D eigenvalue weighted by Gasteiger charge is -2.25. The normalized spacial score (nSPS) is 19.3. The molecule has 0 unspecified atom stereocenters. The molecule has 0 heterocycles. The highest BCUT2D eigenvalue weighted by Gasteiger charge is 2.18. The molecule has 138 valence electrons. The van der Waals surface area contributed by atoms with E-state index >= 15 is 0 Å². The first-order valence-electron chi connectivity index (χ1n) is 10.2. The average Bonchev–Trinajstić information content (AvgIpc) is 2.69. The predicted octanol–water partition coefficient (Wildman–Crippen LogP) is 6.38. The number of hydrogen-bond donors (Lipinski definition) is 0. The molecule has 0 bridgehead atoms. The molecule has 1 aliphatic carbocycles. The molecule has 0 radical (unpaired) electrons. The van der Waals surface area contributed by atoms with E-state index in [4.69, 9.17) is 4.74 Å². The molecule has 0 aliphatic heterocycles. The summed E-state index contributed by atoms with van der Waals surface area (Å²) in [4.78, 5) is 0. The Kier molecular flexibility index (Phi) is 9.53. The zero-order valence-corrected chi connectivity index (χ0v) is 16.4. The van der Waals surface area contributed by atoms with Gasteiger partial charge >= 0.3 is 0 Å². The molecule has 0 spiro atoms. The molecule has 1 fully saturated rings. The standard InChI is InChI=1S/C25H32O/c1-3-5-10-22-13-15-23(16-14-22)11-8-6-7-9-12-24-17-19-25(20-18-24)26-21-4-2/h6-7,17-20,22-23H,3-5,10,13-16,21H2,1-2H3/b7-6+/t22-,23-. The van der Waals surface area contributed by atoms with E-state index in [0.29, 0.717) is 5.92 Å². The van der Waals surface area contributed by atoms with Gasteiger partial charge < -0.3 is 4.74 Å². The van der Waals surface area contributed by atoms with E-state index in [1.807, 2.05) is 36.4 Å². The van der Waals surface area contributed by atoms with Gasteiger partial charge in [-0.25, -0.2) is 0 Å². The molecule has 0 amide bonds. The molecule has 0 atom stereocenters. The van der Waals surface area contributed by atoms with Crippen molar-refractivity contribution >= 4 is 0 Å². The van der Waals surface area contributed by atoms with E-state index in [-0.39, 0.29) is 0 Å². The molecule has 1 aromatic carbocycles. The average molecular weight is 349 g/mol. The molecular weight excluding hydrogens is 316 g/mol. The van der Waals surface area contributed by atoms with Gasteiger partial charge in [0.15, 0.2) is 0 Å². The van der Waals surface area contributed by atoms with Crippen LogP contribution in [0.5, 0.6) is 5.75 Å². The van der Waals surface area contributed by atoms with E-state index in [1.54, 1.807) is 0 Å². The maximum absolute atomic E-state index is 5.57. The van der Waals surface area contributed by atoms with Crippen molar-refractivity contribution in [2.24, 2.45) is 11.8 Å². The highest BCUT2D eigenvalue weighted by atomic mass is 16.5. The van der Waals surface area contributed by atoms with Crippen LogP contribution in [0.2, 0.25) is 0 Å². The molecule has 0 saturated heterocycles. The zero-order valence-electron chi connectivity index (χ0n) is 16.4. The van der Waals surface area contributed by atoms with Crippen molar-refractivity contribution in [3.63, 3.8) is 0 Å². The Labute approximate surface area is 160 Å². The fourth-order valence-corrected chi connectivity index (χ4v) is 3.32. The van der Waals surface area contributed by atoms with Gasteiger partial charge in [0.2, 0.25) is 0 Å². The Bertz CT molecular complexity index is 652. The predicted molar refractivity (Wildman–Crippen MR) is 111 cm³/mol.